The van der Waals surface area contributed by atoms with Gasteiger partial charge in [-0.05, 0) is 26.8 Å². The van der Waals surface area contributed by atoms with Gasteiger partial charge in [-0.1, -0.05) is 0 Å². The summed E-state index contributed by atoms with van der Waals surface area (Å²) in [7, 11) is 0. The maximum atomic E-state index is 8.53. The molecule has 0 radical (unpaired) electrons. The van der Waals surface area contributed by atoms with Gasteiger partial charge in [0.15, 0.2) is 5.79 Å². The molecule has 0 aliphatic heterocycles. The zero-order valence-corrected chi connectivity index (χ0v) is 4.70. The van der Waals surface area contributed by atoms with Gasteiger partial charge in [0.1, 0.15) is 0 Å². The molecule has 0 heterocycles. The first kappa shape index (κ1) is 6.27. The van der Waals surface area contributed by atoms with E-state index < -0.39 is 5.79 Å². The van der Waals surface area contributed by atoms with Crippen LogP contribution in [0.15, 0.2) is 0 Å². The molecule has 0 saturated heterocycles. The van der Waals surface area contributed by atoms with Crippen molar-refractivity contribution in [2.45, 2.75) is 19.6 Å². The molecule has 38 valence electrons. The monoisotopic (exact) mass is 108 g/mol. The van der Waals surface area contributed by atoms with Crippen LogP contribution in [0.2, 0.25) is 0 Å². The molecule has 0 aromatic rings. The van der Waals surface area contributed by atoms with Crippen LogP contribution in [-0.2, 0) is 4.18 Å². The first-order chi connectivity index (χ1) is 2.56. The number of aliphatic hydroxyl groups is 1. The summed E-state index contributed by atoms with van der Waals surface area (Å²) in [5, 5.41) is 8.53. The highest BCUT2D eigenvalue weighted by Gasteiger charge is 2.08. The van der Waals surface area contributed by atoms with E-state index in [1.54, 1.807) is 0 Å². The van der Waals surface area contributed by atoms with Gasteiger partial charge in [-0.25, -0.2) is 0 Å². The average Bonchev–Trinajstić information content (AvgIpc) is 1.35. The van der Waals surface area contributed by atoms with Crippen LogP contribution >= 0.6 is 12.9 Å². The summed E-state index contributed by atoms with van der Waals surface area (Å²) in [6.07, 6.45) is 0. The largest absolute Gasteiger partial charge is 0.365 e. The van der Waals surface area contributed by atoms with Gasteiger partial charge < -0.3 is 5.11 Å². The van der Waals surface area contributed by atoms with E-state index in [1.165, 1.54) is 13.8 Å². The molecule has 0 atom stereocenters. The second-order valence-corrected chi connectivity index (χ2v) is 1.72. The van der Waals surface area contributed by atoms with Crippen molar-refractivity contribution in [1.29, 1.82) is 0 Å². The highest BCUT2D eigenvalue weighted by molar-refractivity contribution is 7.75. The van der Waals surface area contributed by atoms with E-state index >= 15 is 0 Å². The molecule has 0 aliphatic carbocycles. The third-order valence-electron chi connectivity index (χ3n) is 0.223. The molecule has 1 N–H and O–H groups in total. The van der Waals surface area contributed by atoms with E-state index in [2.05, 4.69) is 17.1 Å². The van der Waals surface area contributed by atoms with Crippen LogP contribution in [0.4, 0.5) is 0 Å². The van der Waals surface area contributed by atoms with Gasteiger partial charge in [0, 0.05) is 0 Å². The van der Waals surface area contributed by atoms with Gasteiger partial charge in [0.2, 0.25) is 0 Å². The lowest BCUT2D eigenvalue weighted by Gasteiger charge is -2.10. The fourth-order valence-corrected chi connectivity index (χ4v) is 0. The van der Waals surface area contributed by atoms with Crippen molar-refractivity contribution in [3.8, 4) is 0 Å². The molecular weight excluding hydrogens is 100 g/mol. The van der Waals surface area contributed by atoms with Crippen molar-refractivity contribution in [3.05, 3.63) is 0 Å². The Morgan fingerprint density at radius 2 is 1.83 bits per heavy atom. The molecule has 0 rings (SSSR count). The van der Waals surface area contributed by atoms with E-state index in [4.69, 9.17) is 5.11 Å². The molecule has 0 bridgehead atoms. The van der Waals surface area contributed by atoms with Gasteiger partial charge in [-0.15, -0.1) is 0 Å². The Hall–Kier alpha value is 0.270. The first-order valence-corrected chi connectivity index (χ1v) is 1.98. The maximum Gasteiger partial charge on any atom is 0.172 e. The second kappa shape index (κ2) is 1.82. The lowest BCUT2D eigenvalue weighted by Crippen LogP contribution is -2.17. The summed E-state index contributed by atoms with van der Waals surface area (Å²) in [5.41, 5.74) is 0. The van der Waals surface area contributed by atoms with Gasteiger partial charge in [-0.3, -0.25) is 4.18 Å². The number of thiol groups is 1. The van der Waals surface area contributed by atoms with Crippen LogP contribution < -0.4 is 0 Å². The molecule has 0 unspecified atom stereocenters. The van der Waals surface area contributed by atoms with Crippen molar-refractivity contribution >= 4 is 12.9 Å². The molecule has 3 heteroatoms. The Morgan fingerprint density at radius 3 is 1.83 bits per heavy atom. The second-order valence-electron chi connectivity index (χ2n) is 1.54. The normalized spacial score (nSPS) is 12.0. The van der Waals surface area contributed by atoms with E-state index in [-0.39, 0.29) is 0 Å². The maximum absolute atomic E-state index is 8.53. The van der Waals surface area contributed by atoms with Gasteiger partial charge in [0.05, 0.1) is 0 Å². The average molecular weight is 108 g/mol. The van der Waals surface area contributed by atoms with Gasteiger partial charge in [0.25, 0.3) is 0 Å². The summed E-state index contributed by atoms with van der Waals surface area (Å²) in [6, 6.07) is 0. The third kappa shape index (κ3) is 4.27. The standard InChI is InChI=1S/C3H8O2S/c1-3(2,4)5-6/h4,6H,1-2H3. The summed E-state index contributed by atoms with van der Waals surface area (Å²) in [6.45, 7) is 3.00. The van der Waals surface area contributed by atoms with Crippen LogP contribution in [0.1, 0.15) is 13.8 Å². The molecular formula is C3H8O2S. The Kier molecular flexibility index (Phi) is 1.90. The van der Waals surface area contributed by atoms with Gasteiger partial charge >= 0.3 is 0 Å². The van der Waals surface area contributed by atoms with E-state index in [0.717, 1.165) is 0 Å². The number of rotatable bonds is 1. The topological polar surface area (TPSA) is 29.5 Å². The van der Waals surface area contributed by atoms with Crippen LogP contribution in [0.25, 0.3) is 0 Å². The molecule has 0 aliphatic rings. The van der Waals surface area contributed by atoms with Crippen molar-refractivity contribution in [1.82, 2.24) is 0 Å². The lowest BCUT2D eigenvalue weighted by atomic mass is 10.4. The highest BCUT2D eigenvalue weighted by atomic mass is 32.1. The third-order valence-corrected chi connectivity index (χ3v) is 0.670. The number of hydrogen-bond donors (Lipinski definition) is 2. The first-order valence-electron chi connectivity index (χ1n) is 1.61. The zero-order valence-electron chi connectivity index (χ0n) is 3.80. The Labute approximate surface area is 42.7 Å². The van der Waals surface area contributed by atoms with Crippen LogP contribution in [0, 0.1) is 0 Å². The minimum Gasteiger partial charge on any atom is -0.365 e. The van der Waals surface area contributed by atoms with Crippen molar-refractivity contribution in [2.75, 3.05) is 0 Å². The fraction of sp³-hybridized carbons (Fsp3) is 1.00. The van der Waals surface area contributed by atoms with Gasteiger partial charge in [-0.2, -0.15) is 0 Å². The lowest BCUT2D eigenvalue weighted by molar-refractivity contribution is -0.0890. The molecule has 6 heavy (non-hydrogen) atoms. The van der Waals surface area contributed by atoms with Crippen LogP contribution in [0.3, 0.4) is 0 Å². The Bertz CT molecular complexity index is 38.5. The molecule has 0 aromatic heterocycles. The summed E-state index contributed by atoms with van der Waals surface area (Å²) < 4.78 is 4.19. The summed E-state index contributed by atoms with van der Waals surface area (Å²) >= 11 is 3.35. The van der Waals surface area contributed by atoms with E-state index in [9.17, 15) is 0 Å². The quantitative estimate of drug-likeness (QED) is 0.292. The predicted molar refractivity (Wildman–Crippen MR) is 26.4 cm³/mol. The molecule has 2 nitrogen and oxygen atoms in total. The minimum absolute atomic E-state index is 1.09. The Balaban J connectivity index is 3.17. The Morgan fingerprint density at radius 1 is 1.67 bits per heavy atom. The molecule has 0 fully saturated rings. The number of hydrogen-bond acceptors (Lipinski definition) is 3. The highest BCUT2D eigenvalue weighted by Crippen LogP contribution is 2.03. The fourth-order valence-electron chi connectivity index (χ4n) is 0. The van der Waals surface area contributed by atoms with Crippen molar-refractivity contribution < 1.29 is 9.29 Å². The van der Waals surface area contributed by atoms with Crippen molar-refractivity contribution in [3.63, 3.8) is 0 Å². The van der Waals surface area contributed by atoms with Crippen molar-refractivity contribution in [2.24, 2.45) is 0 Å². The SMILES string of the molecule is CC(C)(O)OS. The van der Waals surface area contributed by atoms with E-state index in [1.807, 2.05) is 0 Å². The molecule has 0 saturated carbocycles. The minimum atomic E-state index is -1.09. The molecule has 0 spiro atoms. The van der Waals surface area contributed by atoms with Crippen LogP contribution in [-0.4, -0.2) is 10.9 Å². The molecule has 0 aromatic carbocycles. The molecule has 0 amide bonds. The predicted octanol–water partition coefficient (Wildman–Crippen LogP) is 0.576. The van der Waals surface area contributed by atoms with E-state index in [0.29, 0.717) is 0 Å². The summed E-state index contributed by atoms with van der Waals surface area (Å²) in [4.78, 5) is 0. The smallest absolute Gasteiger partial charge is 0.172 e. The summed E-state index contributed by atoms with van der Waals surface area (Å²) in [5.74, 6) is -1.09. The van der Waals surface area contributed by atoms with Crippen LogP contribution in [0.5, 0.6) is 0 Å². The zero-order chi connectivity index (χ0) is 5.21.